The lowest BCUT2D eigenvalue weighted by molar-refractivity contribution is 0.386. The smallest absolute Gasteiger partial charge is 0.351 e. The molecule has 0 spiro atoms. The van der Waals surface area contributed by atoms with Crippen LogP contribution < -0.4 is 10.4 Å². The van der Waals surface area contributed by atoms with E-state index in [4.69, 9.17) is 4.74 Å². The SMILES string of the molecule is C=CCC(CC=C)n1ccc(OC)nc1=O. The summed E-state index contributed by atoms with van der Waals surface area (Å²) in [6.07, 6.45) is 6.67. The van der Waals surface area contributed by atoms with E-state index in [1.807, 2.05) is 0 Å². The molecule has 0 amide bonds. The largest absolute Gasteiger partial charge is 0.481 e. The molecule has 1 aromatic heterocycles. The van der Waals surface area contributed by atoms with E-state index in [2.05, 4.69) is 18.1 Å². The molecule has 0 unspecified atom stereocenters. The Labute approximate surface area is 94.9 Å². The molecule has 1 rings (SSSR count). The highest BCUT2D eigenvalue weighted by molar-refractivity contribution is 5.06. The highest BCUT2D eigenvalue weighted by atomic mass is 16.5. The lowest BCUT2D eigenvalue weighted by Crippen LogP contribution is -2.26. The van der Waals surface area contributed by atoms with Crippen LogP contribution in [0.2, 0.25) is 0 Å². The molecule has 0 aliphatic heterocycles. The number of ether oxygens (including phenoxy) is 1. The molecule has 1 heterocycles. The first-order valence-corrected chi connectivity index (χ1v) is 5.08. The first-order chi connectivity index (χ1) is 7.72. The second-order valence-electron chi connectivity index (χ2n) is 3.36. The first-order valence-electron chi connectivity index (χ1n) is 5.08. The van der Waals surface area contributed by atoms with Crippen molar-refractivity contribution < 1.29 is 4.74 Å². The minimum Gasteiger partial charge on any atom is -0.481 e. The molecule has 0 N–H and O–H groups in total. The van der Waals surface area contributed by atoms with Crippen LogP contribution in [-0.2, 0) is 0 Å². The van der Waals surface area contributed by atoms with Crippen LogP contribution in [0.4, 0.5) is 0 Å². The predicted molar refractivity (Wildman–Crippen MR) is 63.7 cm³/mol. The maximum absolute atomic E-state index is 11.7. The van der Waals surface area contributed by atoms with E-state index >= 15 is 0 Å². The molecule has 4 heteroatoms. The monoisotopic (exact) mass is 220 g/mol. The zero-order valence-corrected chi connectivity index (χ0v) is 9.43. The molecule has 0 aliphatic rings. The molecular formula is C12H16N2O2. The van der Waals surface area contributed by atoms with E-state index in [0.717, 1.165) is 0 Å². The Balaban J connectivity index is 3.04. The minimum absolute atomic E-state index is 0.0286. The van der Waals surface area contributed by atoms with Gasteiger partial charge in [-0.1, -0.05) is 12.2 Å². The fourth-order valence-electron chi connectivity index (χ4n) is 1.50. The van der Waals surface area contributed by atoms with Crippen molar-refractivity contribution >= 4 is 0 Å². The van der Waals surface area contributed by atoms with Crippen molar-refractivity contribution in [2.75, 3.05) is 7.11 Å². The average molecular weight is 220 g/mol. The molecule has 0 fully saturated rings. The Hall–Kier alpha value is -1.84. The number of hydrogen-bond acceptors (Lipinski definition) is 3. The van der Waals surface area contributed by atoms with E-state index in [1.165, 1.54) is 7.11 Å². The van der Waals surface area contributed by atoms with Gasteiger partial charge in [-0.2, -0.15) is 4.98 Å². The second kappa shape index (κ2) is 5.90. The third-order valence-electron chi connectivity index (χ3n) is 2.28. The molecule has 1 aromatic rings. The van der Waals surface area contributed by atoms with Gasteiger partial charge < -0.3 is 4.74 Å². The van der Waals surface area contributed by atoms with Gasteiger partial charge in [0.15, 0.2) is 0 Å². The summed E-state index contributed by atoms with van der Waals surface area (Å²) in [7, 11) is 1.48. The average Bonchev–Trinajstić information content (AvgIpc) is 2.29. The van der Waals surface area contributed by atoms with Crippen molar-refractivity contribution in [1.82, 2.24) is 9.55 Å². The van der Waals surface area contributed by atoms with Crippen LogP contribution >= 0.6 is 0 Å². The lowest BCUT2D eigenvalue weighted by atomic mass is 10.1. The van der Waals surface area contributed by atoms with Crippen LogP contribution in [0.25, 0.3) is 0 Å². The summed E-state index contributed by atoms with van der Waals surface area (Å²) in [6, 6.07) is 1.70. The second-order valence-corrected chi connectivity index (χ2v) is 3.36. The summed E-state index contributed by atoms with van der Waals surface area (Å²) in [6.45, 7) is 7.35. The number of aromatic nitrogens is 2. The number of nitrogens with zero attached hydrogens (tertiary/aromatic N) is 2. The van der Waals surface area contributed by atoms with Crippen molar-refractivity contribution in [3.05, 3.63) is 48.1 Å². The minimum atomic E-state index is -0.312. The van der Waals surface area contributed by atoms with Gasteiger partial charge in [-0.05, 0) is 12.8 Å². The molecule has 0 aliphatic carbocycles. The molecule has 0 saturated carbocycles. The fourth-order valence-corrected chi connectivity index (χ4v) is 1.50. The van der Waals surface area contributed by atoms with Gasteiger partial charge in [0, 0.05) is 18.3 Å². The molecule has 86 valence electrons. The van der Waals surface area contributed by atoms with Crippen molar-refractivity contribution in [2.45, 2.75) is 18.9 Å². The van der Waals surface area contributed by atoms with E-state index in [1.54, 1.807) is 29.0 Å². The normalized spacial score (nSPS) is 10.1. The van der Waals surface area contributed by atoms with Gasteiger partial charge in [0.05, 0.1) is 7.11 Å². The van der Waals surface area contributed by atoms with Gasteiger partial charge in [-0.3, -0.25) is 4.57 Å². The highest BCUT2D eigenvalue weighted by Gasteiger charge is 2.10. The summed E-state index contributed by atoms with van der Waals surface area (Å²) in [4.78, 5) is 15.5. The number of hydrogen-bond donors (Lipinski definition) is 0. The van der Waals surface area contributed by atoms with Crippen LogP contribution in [-0.4, -0.2) is 16.7 Å². The number of allylic oxidation sites excluding steroid dienone is 2. The Morgan fingerprint density at radius 1 is 1.50 bits per heavy atom. The Morgan fingerprint density at radius 2 is 2.12 bits per heavy atom. The zero-order valence-electron chi connectivity index (χ0n) is 9.43. The van der Waals surface area contributed by atoms with Crippen LogP contribution in [0.5, 0.6) is 5.88 Å². The molecule has 16 heavy (non-hydrogen) atoms. The van der Waals surface area contributed by atoms with Crippen LogP contribution in [0.1, 0.15) is 18.9 Å². The maximum atomic E-state index is 11.7. The molecule has 0 bridgehead atoms. The van der Waals surface area contributed by atoms with E-state index in [9.17, 15) is 4.79 Å². The fraction of sp³-hybridized carbons (Fsp3) is 0.333. The number of rotatable bonds is 6. The van der Waals surface area contributed by atoms with Gasteiger partial charge in [0.1, 0.15) is 0 Å². The molecule has 0 saturated heterocycles. The summed E-state index contributed by atoms with van der Waals surface area (Å²) >= 11 is 0. The lowest BCUT2D eigenvalue weighted by Gasteiger charge is -2.15. The third-order valence-corrected chi connectivity index (χ3v) is 2.28. The molecular weight excluding hydrogens is 204 g/mol. The number of methoxy groups -OCH3 is 1. The molecule has 0 atom stereocenters. The van der Waals surface area contributed by atoms with E-state index < -0.39 is 0 Å². The van der Waals surface area contributed by atoms with Crippen LogP contribution in [0, 0.1) is 0 Å². The van der Waals surface area contributed by atoms with Crippen molar-refractivity contribution in [3.8, 4) is 5.88 Å². The van der Waals surface area contributed by atoms with Gasteiger partial charge in [0.25, 0.3) is 0 Å². The first kappa shape index (κ1) is 12.2. The Morgan fingerprint density at radius 3 is 2.56 bits per heavy atom. The Kier molecular flexibility index (Phi) is 4.51. The van der Waals surface area contributed by atoms with E-state index in [0.29, 0.717) is 18.7 Å². The highest BCUT2D eigenvalue weighted by Crippen LogP contribution is 2.15. The van der Waals surface area contributed by atoms with Crippen molar-refractivity contribution in [2.24, 2.45) is 0 Å². The molecule has 4 nitrogen and oxygen atoms in total. The van der Waals surface area contributed by atoms with Gasteiger partial charge in [0.2, 0.25) is 5.88 Å². The summed E-state index contributed by atoms with van der Waals surface area (Å²) in [5, 5.41) is 0. The summed E-state index contributed by atoms with van der Waals surface area (Å²) < 4.78 is 6.46. The molecule has 0 radical (unpaired) electrons. The zero-order chi connectivity index (χ0) is 12.0. The molecule has 0 aromatic carbocycles. The van der Waals surface area contributed by atoms with Gasteiger partial charge >= 0.3 is 5.69 Å². The maximum Gasteiger partial charge on any atom is 0.351 e. The van der Waals surface area contributed by atoms with Crippen molar-refractivity contribution in [1.29, 1.82) is 0 Å². The summed E-state index contributed by atoms with van der Waals surface area (Å²) in [5.41, 5.74) is -0.312. The standard InChI is InChI=1S/C12H16N2O2/c1-4-6-10(7-5-2)14-9-8-11(16-3)13-12(14)15/h4-5,8-10H,1-2,6-7H2,3H3. The summed E-state index contributed by atoms with van der Waals surface area (Å²) in [5.74, 6) is 0.331. The van der Waals surface area contributed by atoms with Crippen LogP contribution in [0.3, 0.4) is 0 Å². The van der Waals surface area contributed by atoms with E-state index in [-0.39, 0.29) is 11.7 Å². The van der Waals surface area contributed by atoms with Gasteiger partial charge in [-0.25, -0.2) is 4.79 Å². The Bertz CT molecular complexity index is 413. The van der Waals surface area contributed by atoms with Crippen molar-refractivity contribution in [3.63, 3.8) is 0 Å². The topological polar surface area (TPSA) is 44.1 Å². The third kappa shape index (κ3) is 2.82. The predicted octanol–water partition coefficient (Wildman–Crippen LogP) is 1.95. The van der Waals surface area contributed by atoms with Crippen LogP contribution in [0.15, 0.2) is 42.4 Å². The van der Waals surface area contributed by atoms with Gasteiger partial charge in [-0.15, -0.1) is 13.2 Å². The quantitative estimate of drug-likeness (QED) is 0.688.